The molecule has 160 valence electrons. The summed E-state index contributed by atoms with van der Waals surface area (Å²) in [5, 5.41) is 15.0. The van der Waals surface area contributed by atoms with Crippen molar-refractivity contribution >= 4 is 33.4 Å². The van der Waals surface area contributed by atoms with Gasteiger partial charge in [0.2, 0.25) is 15.2 Å². The standard InChI is InChI=1S/C18H23N7O3S2/c1-5-24(6-2)30(27,28)15-11-16(23(3)12-15)17(26)19-13-8-7-9-14(10-13)25-18(29-4)20-21-22-25/h7-12H,5-6H2,1-4H3,(H,19,26). The molecule has 1 amide bonds. The van der Waals surface area contributed by atoms with E-state index in [2.05, 4.69) is 20.8 Å². The summed E-state index contributed by atoms with van der Waals surface area (Å²) in [6.45, 7) is 4.27. The topological polar surface area (TPSA) is 115 Å². The molecule has 0 aliphatic heterocycles. The third-order valence-corrected chi connectivity index (χ3v) is 7.16. The number of hydrogen-bond donors (Lipinski definition) is 1. The second-order valence-electron chi connectivity index (χ2n) is 6.34. The van der Waals surface area contributed by atoms with Crippen molar-refractivity contribution in [3.8, 4) is 5.69 Å². The van der Waals surface area contributed by atoms with E-state index in [0.717, 1.165) is 0 Å². The zero-order valence-electron chi connectivity index (χ0n) is 17.1. The first-order valence-electron chi connectivity index (χ1n) is 9.22. The number of carbonyl (C=O) groups excluding carboxylic acids is 1. The molecule has 0 saturated heterocycles. The molecule has 0 fully saturated rings. The van der Waals surface area contributed by atoms with Gasteiger partial charge in [-0.1, -0.05) is 31.7 Å². The van der Waals surface area contributed by atoms with Gasteiger partial charge in [-0.25, -0.2) is 8.42 Å². The van der Waals surface area contributed by atoms with Gasteiger partial charge in [0.1, 0.15) is 10.6 Å². The highest BCUT2D eigenvalue weighted by atomic mass is 32.2. The van der Waals surface area contributed by atoms with Gasteiger partial charge in [-0.2, -0.15) is 8.99 Å². The number of thioether (sulfide) groups is 1. The lowest BCUT2D eigenvalue weighted by atomic mass is 10.2. The van der Waals surface area contributed by atoms with Crippen LogP contribution >= 0.6 is 11.8 Å². The molecule has 3 rings (SSSR count). The highest BCUT2D eigenvalue weighted by molar-refractivity contribution is 7.98. The number of nitrogens with one attached hydrogen (secondary N) is 1. The third-order valence-electron chi connectivity index (χ3n) is 4.53. The fourth-order valence-corrected chi connectivity index (χ4v) is 4.96. The summed E-state index contributed by atoms with van der Waals surface area (Å²) in [7, 11) is -2.01. The molecular weight excluding hydrogens is 426 g/mol. The Balaban J connectivity index is 1.86. The lowest BCUT2D eigenvalue weighted by molar-refractivity contribution is 0.101. The van der Waals surface area contributed by atoms with E-state index in [9.17, 15) is 13.2 Å². The van der Waals surface area contributed by atoms with E-state index in [1.807, 2.05) is 12.3 Å². The van der Waals surface area contributed by atoms with E-state index < -0.39 is 15.9 Å². The van der Waals surface area contributed by atoms with Crippen LogP contribution in [-0.2, 0) is 17.1 Å². The van der Waals surface area contributed by atoms with E-state index in [4.69, 9.17) is 0 Å². The summed E-state index contributed by atoms with van der Waals surface area (Å²) in [5.74, 6) is -0.419. The molecule has 12 heteroatoms. The van der Waals surface area contributed by atoms with Crippen LogP contribution in [0, 0.1) is 0 Å². The number of amides is 1. The summed E-state index contributed by atoms with van der Waals surface area (Å²) < 4.78 is 29.9. The number of hydrogen-bond acceptors (Lipinski definition) is 7. The molecule has 1 N–H and O–H groups in total. The van der Waals surface area contributed by atoms with Crippen molar-refractivity contribution in [3.63, 3.8) is 0 Å². The molecule has 0 unspecified atom stereocenters. The zero-order valence-corrected chi connectivity index (χ0v) is 18.7. The average Bonchev–Trinajstić information content (AvgIpc) is 3.35. The molecule has 0 spiro atoms. The van der Waals surface area contributed by atoms with Gasteiger partial charge in [-0.05, 0) is 40.9 Å². The maximum Gasteiger partial charge on any atom is 0.272 e. The van der Waals surface area contributed by atoms with Gasteiger partial charge in [0, 0.05) is 32.0 Å². The van der Waals surface area contributed by atoms with Crippen LogP contribution in [-0.4, -0.2) is 62.7 Å². The summed E-state index contributed by atoms with van der Waals surface area (Å²) in [6, 6.07) is 8.46. The summed E-state index contributed by atoms with van der Waals surface area (Å²) in [4.78, 5) is 12.9. The zero-order chi connectivity index (χ0) is 21.9. The monoisotopic (exact) mass is 449 g/mol. The first kappa shape index (κ1) is 22.0. The molecule has 0 aliphatic carbocycles. The van der Waals surface area contributed by atoms with E-state index in [0.29, 0.717) is 29.6 Å². The largest absolute Gasteiger partial charge is 0.345 e. The van der Waals surface area contributed by atoms with Crippen LogP contribution in [0.3, 0.4) is 0 Å². The Labute approximate surface area is 179 Å². The Morgan fingerprint density at radius 1 is 1.23 bits per heavy atom. The van der Waals surface area contributed by atoms with Crippen LogP contribution < -0.4 is 5.32 Å². The summed E-state index contributed by atoms with van der Waals surface area (Å²) >= 11 is 1.40. The number of rotatable bonds is 8. The minimum atomic E-state index is -3.65. The van der Waals surface area contributed by atoms with Gasteiger partial charge in [0.05, 0.1) is 5.69 Å². The number of benzene rings is 1. The molecule has 30 heavy (non-hydrogen) atoms. The normalized spacial score (nSPS) is 11.8. The second kappa shape index (κ2) is 8.98. The fraction of sp³-hybridized carbons (Fsp3) is 0.333. The van der Waals surface area contributed by atoms with Crippen molar-refractivity contribution in [3.05, 3.63) is 42.2 Å². The van der Waals surface area contributed by atoms with Gasteiger partial charge in [0.25, 0.3) is 5.91 Å². The van der Waals surface area contributed by atoms with Crippen molar-refractivity contribution in [1.82, 2.24) is 29.1 Å². The molecular formula is C18H23N7O3S2. The second-order valence-corrected chi connectivity index (χ2v) is 9.05. The molecule has 2 aromatic heterocycles. The first-order chi connectivity index (χ1) is 14.3. The van der Waals surface area contributed by atoms with Gasteiger partial charge in [-0.15, -0.1) is 5.10 Å². The van der Waals surface area contributed by atoms with Crippen molar-refractivity contribution in [2.75, 3.05) is 24.7 Å². The molecule has 1 aromatic carbocycles. The van der Waals surface area contributed by atoms with Gasteiger partial charge in [-0.3, -0.25) is 4.79 Å². The number of aromatic nitrogens is 5. The number of aryl methyl sites for hydroxylation is 1. The van der Waals surface area contributed by atoms with E-state index >= 15 is 0 Å². The minimum absolute atomic E-state index is 0.0888. The smallest absolute Gasteiger partial charge is 0.272 e. The maximum atomic E-state index is 12.8. The predicted octanol–water partition coefficient (Wildman–Crippen LogP) is 2.01. The van der Waals surface area contributed by atoms with Crippen molar-refractivity contribution in [2.45, 2.75) is 23.9 Å². The molecule has 0 atom stereocenters. The van der Waals surface area contributed by atoms with Gasteiger partial charge < -0.3 is 9.88 Å². The number of nitrogens with zero attached hydrogens (tertiary/aromatic N) is 6. The Kier molecular flexibility index (Phi) is 6.58. The number of tetrazole rings is 1. The van der Waals surface area contributed by atoms with E-state index in [-0.39, 0.29) is 10.6 Å². The van der Waals surface area contributed by atoms with Crippen LogP contribution in [0.4, 0.5) is 5.69 Å². The molecule has 0 aliphatic rings. The van der Waals surface area contributed by atoms with Crippen molar-refractivity contribution in [2.24, 2.45) is 7.05 Å². The first-order valence-corrected chi connectivity index (χ1v) is 11.9. The molecule has 10 nitrogen and oxygen atoms in total. The van der Waals surface area contributed by atoms with Crippen LogP contribution in [0.2, 0.25) is 0 Å². The van der Waals surface area contributed by atoms with Crippen LogP contribution in [0.25, 0.3) is 5.69 Å². The minimum Gasteiger partial charge on any atom is -0.345 e. The van der Waals surface area contributed by atoms with Crippen molar-refractivity contribution in [1.29, 1.82) is 0 Å². The average molecular weight is 450 g/mol. The number of sulfonamides is 1. The predicted molar refractivity (Wildman–Crippen MR) is 114 cm³/mol. The molecule has 0 saturated carbocycles. The Morgan fingerprint density at radius 3 is 2.63 bits per heavy atom. The molecule has 2 heterocycles. The van der Waals surface area contributed by atoms with Gasteiger partial charge >= 0.3 is 0 Å². The van der Waals surface area contributed by atoms with Crippen LogP contribution in [0.1, 0.15) is 24.3 Å². The number of carbonyl (C=O) groups is 1. The highest BCUT2D eigenvalue weighted by Gasteiger charge is 2.25. The summed E-state index contributed by atoms with van der Waals surface area (Å²) in [6.07, 6.45) is 3.32. The molecule has 3 aromatic rings. The quantitative estimate of drug-likeness (QED) is 0.523. The summed E-state index contributed by atoms with van der Waals surface area (Å²) in [5.41, 5.74) is 1.46. The van der Waals surface area contributed by atoms with E-state index in [1.54, 1.807) is 43.8 Å². The van der Waals surface area contributed by atoms with Crippen molar-refractivity contribution < 1.29 is 13.2 Å². The number of anilines is 1. The maximum absolute atomic E-state index is 12.8. The van der Waals surface area contributed by atoms with Crippen LogP contribution in [0.15, 0.2) is 46.6 Å². The lowest BCUT2D eigenvalue weighted by Gasteiger charge is -2.17. The van der Waals surface area contributed by atoms with E-state index in [1.165, 1.54) is 32.9 Å². The molecule has 0 radical (unpaired) electrons. The highest BCUT2D eigenvalue weighted by Crippen LogP contribution is 2.21. The van der Waals surface area contributed by atoms with Crippen LogP contribution in [0.5, 0.6) is 0 Å². The third kappa shape index (κ3) is 4.25. The lowest BCUT2D eigenvalue weighted by Crippen LogP contribution is -2.30. The Morgan fingerprint density at radius 2 is 1.97 bits per heavy atom. The SMILES string of the molecule is CCN(CC)S(=O)(=O)c1cc(C(=O)Nc2cccc(-n3nnnc3SC)c2)n(C)c1. The molecule has 0 bridgehead atoms. The fourth-order valence-electron chi connectivity index (χ4n) is 2.99. The Hall–Kier alpha value is -2.70. The van der Waals surface area contributed by atoms with Gasteiger partial charge in [0.15, 0.2) is 0 Å². The Bertz CT molecular complexity index is 1150.